The summed E-state index contributed by atoms with van der Waals surface area (Å²) in [5.74, 6) is -1.68. The summed E-state index contributed by atoms with van der Waals surface area (Å²) in [5.41, 5.74) is -0.639. The van der Waals surface area contributed by atoms with Crippen molar-refractivity contribution in [3.63, 3.8) is 0 Å². The van der Waals surface area contributed by atoms with Crippen LogP contribution in [-0.4, -0.2) is 54.0 Å². The van der Waals surface area contributed by atoms with Crippen molar-refractivity contribution in [2.24, 2.45) is 5.92 Å². The van der Waals surface area contributed by atoms with Crippen LogP contribution in [0.3, 0.4) is 0 Å². The van der Waals surface area contributed by atoms with Crippen LogP contribution < -0.4 is 0 Å². The standard InChI is InChI=1S/C17H30O6/c1-6-17(7-2)21-9-8-11(22-17)13(12-10-20-12)14(18)15(19)23-16(3,4)5/h11-14,18H,6-10H2,1-5H3/t11-,12-,13-,14-/m0/s1. The molecule has 0 unspecified atom stereocenters. The molecule has 2 aliphatic rings. The Balaban J connectivity index is 2.10. The van der Waals surface area contributed by atoms with Gasteiger partial charge in [-0.05, 0) is 40.0 Å². The van der Waals surface area contributed by atoms with Crippen LogP contribution in [0.4, 0.5) is 0 Å². The largest absolute Gasteiger partial charge is 0.458 e. The monoisotopic (exact) mass is 330 g/mol. The summed E-state index contributed by atoms with van der Waals surface area (Å²) in [5, 5.41) is 10.5. The number of aliphatic hydroxyl groups is 1. The molecule has 134 valence electrons. The molecule has 2 aliphatic heterocycles. The van der Waals surface area contributed by atoms with E-state index in [0.29, 0.717) is 19.6 Å². The van der Waals surface area contributed by atoms with Crippen LogP contribution in [0, 0.1) is 5.92 Å². The van der Waals surface area contributed by atoms with E-state index in [1.165, 1.54) is 0 Å². The van der Waals surface area contributed by atoms with Crippen LogP contribution in [0.5, 0.6) is 0 Å². The zero-order valence-electron chi connectivity index (χ0n) is 14.8. The molecule has 2 heterocycles. The number of esters is 1. The van der Waals surface area contributed by atoms with Crippen molar-refractivity contribution in [1.82, 2.24) is 0 Å². The number of carbonyl (C=O) groups is 1. The SMILES string of the molecule is CCC1(CC)OCC[C@@H]([C@@H]([C@@H]2CO2)[C@H](O)C(=O)OC(C)(C)C)O1. The van der Waals surface area contributed by atoms with E-state index in [1.54, 1.807) is 20.8 Å². The van der Waals surface area contributed by atoms with Gasteiger partial charge in [0.2, 0.25) is 0 Å². The number of epoxide rings is 1. The molecule has 0 aromatic rings. The Bertz CT molecular complexity index is 408. The minimum absolute atomic E-state index is 0.160. The molecule has 0 aromatic heterocycles. The second kappa shape index (κ2) is 7.05. The van der Waals surface area contributed by atoms with Gasteiger partial charge in [-0.1, -0.05) is 13.8 Å². The molecular formula is C17H30O6. The quantitative estimate of drug-likeness (QED) is 0.593. The Labute approximate surface area is 138 Å². The average Bonchev–Trinajstić information content (AvgIpc) is 3.30. The number of hydrogen-bond acceptors (Lipinski definition) is 6. The van der Waals surface area contributed by atoms with Crippen LogP contribution in [0.25, 0.3) is 0 Å². The van der Waals surface area contributed by atoms with Crippen molar-refractivity contribution in [3.8, 4) is 0 Å². The van der Waals surface area contributed by atoms with Crippen LogP contribution in [0.2, 0.25) is 0 Å². The average molecular weight is 330 g/mol. The number of hydrogen-bond donors (Lipinski definition) is 1. The number of carbonyl (C=O) groups excluding carboxylic acids is 1. The molecule has 1 N–H and O–H groups in total. The predicted octanol–water partition coefficient (Wildman–Crippen LogP) is 2.03. The normalized spacial score (nSPS) is 29.7. The highest BCUT2D eigenvalue weighted by Crippen LogP contribution is 2.38. The van der Waals surface area contributed by atoms with Gasteiger partial charge in [0.05, 0.1) is 31.3 Å². The van der Waals surface area contributed by atoms with Gasteiger partial charge < -0.3 is 24.1 Å². The predicted molar refractivity (Wildman–Crippen MR) is 83.8 cm³/mol. The fourth-order valence-corrected chi connectivity index (χ4v) is 3.06. The summed E-state index contributed by atoms with van der Waals surface area (Å²) in [7, 11) is 0. The number of aliphatic hydroxyl groups excluding tert-OH is 1. The lowest BCUT2D eigenvalue weighted by Crippen LogP contribution is -2.52. The van der Waals surface area contributed by atoms with Crippen molar-refractivity contribution in [2.45, 2.75) is 83.6 Å². The highest BCUT2D eigenvalue weighted by atomic mass is 16.7. The first-order valence-electron chi connectivity index (χ1n) is 8.55. The van der Waals surface area contributed by atoms with Gasteiger partial charge in [0, 0.05) is 0 Å². The minimum atomic E-state index is -1.25. The molecule has 2 saturated heterocycles. The second-order valence-electron chi connectivity index (χ2n) is 7.34. The maximum absolute atomic E-state index is 12.3. The van der Waals surface area contributed by atoms with E-state index in [2.05, 4.69) is 0 Å². The van der Waals surface area contributed by atoms with E-state index in [0.717, 1.165) is 12.8 Å². The maximum Gasteiger partial charge on any atom is 0.335 e. The lowest BCUT2D eigenvalue weighted by molar-refractivity contribution is -0.309. The van der Waals surface area contributed by atoms with Gasteiger partial charge in [0.1, 0.15) is 5.60 Å². The number of ether oxygens (including phenoxy) is 4. The first-order valence-corrected chi connectivity index (χ1v) is 8.55. The summed E-state index contributed by atoms with van der Waals surface area (Å²) in [6.45, 7) is 10.5. The zero-order chi connectivity index (χ0) is 17.3. The van der Waals surface area contributed by atoms with Crippen molar-refractivity contribution in [3.05, 3.63) is 0 Å². The van der Waals surface area contributed by atoms with Crippen LogP contribution in [0.1, 0.15) is 53.9 Å². The third-order valence-electron chi connectivity index (χ3n) is 4.44. The van der Waals surface area contributed by atoms with Gasteiger partial charge >= 0.3 is 5.97 Å². The van der Waals surface area contributed by atoms with Crippen LogP contribution in [-0.2, 0) is 23.7 Å². The Morgan fingerprint density at radius 1 is 1.30 bits per heavy atom. The molecule has 0 saturated carbocycles. The molecule has 0 aromatic carbocycles. The second-order valence-corrected chi connectivity index (χ2v) is 7.34. The van der Waals surface area contributed by atoms with E-state index in [1.807, 2.05) is 13.8 Å². The lowest BCUT2D eigenvalue weighted by atomic mass is 9.89. The molecule has 6 nitrogen and oxygen atoms in total. The van der Waals surface area contributed by atoms with Crippen molar-refractivity contribution in [1.29, 1.82) is 0 Å². The number of rotatable bonds is 6. The van der Waals surface area contributed by atoms with Crippen LogP contribution in [0.15, 0.2) is 0 Å². The van der Waals surface area contributed by atoms with Gasteiger partial charge in [-0.2, -0.15) is 0 Å². The van der Waals surface area contributed by atoms with E-state index in [-0.39, 0.29) is 12.2 Å². The molecule has 2 rings (SSSR count). The molecule has 0 spiro atoms. The summed E-state index contributed by atoms with van der Waals surface area (Å²) in [6.07, 6.45) is 0.384. The molecule has 0 amide bonds. The molecule has 0 aliphatic carbocycles. The highest BCUT2D eigenvalue weighted by Gasteiger charge is 2.50. The molecule has 0 bridgehead atoms. The Hall–Kier alpha value is -0.690. The Morgan fingerprint density at radius 3 is 2.39 bits per heavy atom. The smallest absolute Gasteiger partial charge is 0.335 e. The van der Waals surface area contributed by atoms with E-state index in [9.17, 15) is 9.90 Å². The van der Waals surface area contributed by atoms with Crippen molar-refractivity contribution in [2.75, 3.05) is 13.2 Å². The Morgan fingerprint density at radius 2 is 1.91 bits per heavy atom. The molecule has 6 heteroatoms. The van der Waals surface area contributed by atoms with E-state index in [4.69, 9.17) is 18.9 Å². The molecule has 4 atom stereocenters. The van der Waals surface area contributed by atoms with Gasteiger partial charge in [-0.3, -0.25) is 0 Å². The molecule has 2 fully saturated rings. The van der Waals surface area contributed by atoms with Gasteiger partial charge in [0.25, 0.3) is 0 Å². The summed E-state index contributed by atoms with van der Waals surface area (Å²) in [4.78, 5) is 12.3. The van der Waals surface area contributed by atoms with Gasteiger partial charge in [-0.25, -0.2) is 4.79 Å². The third kappa shape index (κ3) is 4.66. The first kappa shape index (κ1) is 18.6. The molecule has 23 heavy (non-hydrogen) atoms. The fraction of sp³-hybridized carbons (Fsp3) is 0.941. The maximum atomic E-state index is 12.3. The first-order chi connectivity index (χ1) is 10.7. The minimum Gasteiger partial charge on any atom is -0.458 e. The van der Waals surface area contributed by atoms with Crippen LogP contribution >= 0.6 is 0 Å². The fourth-order valence-electron chi connectivity index (χ4n) is 3.06. The molecule has 0 radical (unpaired) electrons. The zero-order valence-corrected chi connectivity index (χ0v) is 14.8. The Kier molecular flexibility index (Phi) is 5.72. The van der Waals surface area contributed by atoms with Crippen molar-refractivity contribution >= 4 is 5.97 Å². The third-order valence-corrected chi connectivity index (χ3v) is 4.44. The van der Waals surface area contributed by atoms with E-state index >= 15 is 0 Å². The lowest BCUT2D eigenvalue weighted by Gasteiger charge is -2.43. The van der Waals surface area contributed by atoms with Crippen molar-refractivity contribution < 1.29 is 28.8 Å². The summed E-state index contributed by atoms with van der Waals surface area (Å²) >= 11 is 0. The summed E-state index contributed by atoms with van der Waals surface area (Å²) in [6, 6.07) is 0. The van der Waals surface area contributed by atoms with Gasteiger partial charge in [-0.15, -0.1) is 0 Å². The molecular weight excluding hydrogens is 300 g/mol. The highest BCUT2D eigenvalue weighted by molar-refractivity contribution is 5.75. The van der Waals surface area contributed by atoms with E-state index < -0.39 is 29.4 Å². The summed E-state index contributed by atoms with van der Waals surface area (Å²) < 4.78 is 22.7. The topological polar surface area (TPSA) is 77.5 Å². The van der Waals surface area contributed by atoms with Gasteiger partial charge in [0.15, 0.2) is 11.9 Å².